The fourth-order valence-electron chi connectivity index (χ4n) is 10.1. The van der Waals surface area contributed by atoms with Crippen LogP contribution in [0.25, 0.3) is 126 Å². The van der Waals surface area contributed by atoms with Gasteiger partial charge in [-0.15, -0.1) is 0 Å². The number of hydrogen-bond donors (Lipinski definition) is 0. The SMILES string of the molecule is [C-]#[N+]c1c(-c2ccccc2)c(C#N)c(-n2c3nccc4c5ccccc5c5ccnc2c5c43)c(-c2ccccc2)c1-n1c2cccc3c4nccnc4c4cccc1c4c32. The summed E-state index contributed by atoms with van der Waals surface area (Å²) in [6.07, 6.45) is 7.18. The van der Waals surface area contributed by atoms with Gasteiger partial charge >= 0.3 is 0 Å². The highest BCUT2D eigenvalue weighted by molar-refractivity contribution is 6.35. The van der Waals surface area contributed by atoms with E-state index >= 15 is 0 Å². The van der Waals surface area contributed by atoms with Crippen molar-refractivity contribution in [2.24, 2.45) is 0 Å². The summed E-state index contributed by atoms with van der Waals surface area (Å²) in [5, 5.41) is 22.0. The zero-order valence-electron chi connectivity index (χ0n) is 31.6. The topological polar surface area (TPSA) is 89.6 Å². The first-order valence-corrected chi connectivity index (χ1v) is 19.7. The van der Waals surface area contributed by atoms with Gasteiger partial charge in [-0.25, -0.2) is 14.8 Å². The molecule has 0 amide bonds. The molecule has 0 bridgehead atoms. The number of pyridine rings is 2. The lowest BCUT2D eigenvalue weighted by Crippen LogP contribution is -2.09. The number of nitriles is 1. The Morgan fingerprint density at radius 3 is 1.47 bits per heavy atom. The van der Waals surface area contributed by atoms with Crippen molar-refractivity contribution in [2.45, 2.75) is 0 Å². The van der Waals surface area contributed by atoms with E-state index in [0.29, 0.717) is 39.5 Å². The van der Waals surface area contributed by atoms with Crippen molar-refractivity contribution in [1.82, 2.24) is 29.1 Å². The van der Waals surface area contributed by atoms with Gasteiger partial charge in [0.25, 0.3) is 0 Å². The number of benzene rings is 8. The minimum atomic E-state index is 0.358. The molecule has 0 saturated carbocycles. The monoisotopic (exact) mass is 762 g/mol. The van der Waals surface area contributed by atoms with E-state index in [4.69, 9.17) is 26.5 Å². The van der Waals surface area contributed by atoms with Crippen LogP contribution in [0.3, 0.4) is 0 Å². The molecule has 13 aromatic rings. The first-order chi connectivity index (χ1) is 29.8. The number of fused-ring (bicyclic) bond motifs is 6. The Balaban J connectivity index is 1.33. The Kier molecular flexibility index (Phi) is 6.42. The predicted molar refractivity (Wildman–Crippen MR) is 241 cm³/mol. The molecule has 0 unspecified atom stereocenters. The van der Waals surface area contributed by atoms with E-state index in [1.54, 1.807) is 12.4 Å². The highest BCUT2D eigenvalue weighted by Gasteiger charge is 2.33. The average Bonchev–Trinajstić information content (AvgIpc) is 3.84. The summed E-state index contributed by atoms with van der Waals surface area (Å²) < 4.78 is 4.32. The summed E-state index contributed by atoms with van der Waals surface area (Å²) in [4.78, 5) is 24.4. The largest absolute Gasteiger partial charge is 0.318 e. The molecular formula is C52H26N8. The third-order valence-electron chi connectivity index (χ3n) is 12.3. The van der Waals surface area contributed by atoms with Crippen LogP contribution in [0.5, 0.6) is 0 Å². The summed E-state index contributed by atoms with van der Waals surface area (Å²) in [6, 6.07) is 47.8. The fraction of sp³-hybridized carbons (Fsp3) is 0. The molecular weight excluding hydrogens is 737 g/mol. The minimum absolute atomic E-state index is 0.358. The molecule has 8 nitrogen and oxygen atoms in total. The van der Waals surface area contributed by atoms with Crippen LogP contribution in [0.15, 0.2) is 158 Å². The second-order valence-corrected chi connectivity index (χ2v) is 15.1. The molecule has 0 atom stereocenters. The number of aromatic nitrogens is 6. The molecule has 0 radical (unpaired) electrons. The van der Waals surface area contributed by atoms with Gasteiger partial charge in [-0.05, 0) is 56.9 Å². The molecule has 0 saturated heterocycles. The normalized spacial score (nSPS) is 12.0. The summed E-state index contributed by atoms with van der Waals surface area (Å²) in [5.74, 6) is 0. The van der Waals surface area contributed by atoms with Gasteiger partial charge in [-0.1, -0.05) is 109 Å². The molecule has 5 heterocycles. The van der Waals surface area contributed by atoms with Crippen molar-refractivity contribution in [3.63, 3.8) is 0 Å². The molecule has 5 aromatic heterocycles. The molecule has 0 aliphatic heterocycles. The number of rotatable bonds is 4. The maximum absolute atomic E-state index is 11.7. The zero-order valence-corrected chi connectivity index (χ0v) is 31.6. The van der Waals surface area contributed by atoms with E-state index in [-0.39, 0.29) is 0 Å². The molecule has 0 N–H and O–H groups in total. The van der Waals surface area contributed by atoms with Crippen molar-refractivity contribution in [1.29, 1.82) is 5.26 Å². The molecule has 0 aliphatic rings. The average molecular weight is 763 g/mol. The standard InChI is InChI=1S/C52H26N8/c1-54-48-40(29-12-4-2-5-13-29)37(28-53)49(60-51-44-33(22-24-57-51)31-16-8-9-17-32(31)34-23-25-58-52(60)45(34)44)41(30-14-6-3-7-15-30)50(48)59-38-20-10-18-35-42(38)43-36(19-11-21-39(43)59)47-46(35)55-26-27-56-47/h2-27H. The lowest BCUT2D eigenvalue weighted by Gasteiger charge is -2.25. The van der Waals surface area contributed by atoms with Gasteiger partial charge in [-0.2, -0.15) is 5.26 Å². The van der Waals surface area contributed by atoms with Crippen LogP contribution in [0, 0.1) is 17.9 Å². The van der Waals surface area contributed by atoms with Gasteiger partial charge in [0.05, 0.1) is 45.6 Å². The quantitative estimate of drug-likeness (QED) is 0.132. The Labute approximate surface area is 341 Å². The van der Waals surface area contributed by atoms with Crippen LogP contribution in [0.2, 0.25) is 0 Å². The van der Waals surface area contributed by atoms with Crippen LogP contribution in [-0.2, 0) is 0 Å². The molecule has 8 heteroatoms. The van der Waals surface area contributed by atoms with Crippen LogP contribution in [0.1, 0.15) is 5.56 Å². The van der Waals surface area contributed by atoms with Gasteiger partial charge < -0.3 is 4.57 Å². The summed E-state index contributed by atoms with van der Waals surface area (Å²) in [5.41, 5.74) is 9.69. The third kappa shape index (κ3) is 4.01. The second-order valence-electron chi connectivity index (χ2n) is 15.1. The van der Waals surface area contributed by atoms with Crippen molar-refractivity contribution in [3.8, 4) is 39.7 Å². The van der Waals surface area contributed by atoms with Crippen molar-refractivity contribution < 1.29 is 0 Å². The molecule has 0 aliphatic carbocycles. The molecule has 0 spiro atoms. The van der Waals surface area contributed by atoms with Crippen LogP contribution < -0.4 is 0 Å². The maximum atomic E-state index is 11.7. The highest BCUT2D eigenvalue weighted by atomic mass is 15.1. The maximum Gasteiger partial charge on any atom is 0.220 e. The van der Waals surface area contributed by atoms with Crippen molar-refractivity contribution in [2.75, 3.05) is 0 Å². The smallest absolute Gasteiger partial charge is 0.220 e. The number of hydrogen-bond acceptors (Lipinski definition) is 5. The minimum Gasteiger partial charge on any atom is -0.318 e. The number of nitrogens with zero attached hydrogens (tertiary/aromatic N) is 8. The van der Waals surface area contributed by atoms with Gasteiger partial charge in [0, 0.05) is 68.2 Å². The lowest BCUT2D eigenvalue weighted by molar-refractivity contribution is 1.09. The summed E-state index contributed by atoms with van der Waals surface area (Å²) in [6.45, 7) is 9.12. The Morgan fingerprint density at radius 1 is 0.450 bits per heavy atom. The molecule has 0 fully saturated rings. The first-order valence-electron chi connectivity index (χ1n) is 19.7. The fourth-order valence-corrected chi connectivity index (χ4v) is 10.1. The predicted octanol–water partition coefficient (Wildman–Crippen LogP) is 12.7. The van der Waals surface area contributed by atoms with Gasteiger partial charge in [0.1, 0.15) is 17.4 Å². The molecule has 13 rings (SSSR count). The van der Waals surface area contributed by atoms with Gasteiger partial charge in [0.2, 0.25) is 5.69 Å². The van der Waals surface area contributed by atoms with Gasteiger partial charge in [0.15, 0.2) is 0 Å². The third-order valence-corrected chi connectivity index (χ3v) is 12.3. The first kappa shape index (κ1) is 32.4. The van der Waals surface area contributed by atoms with E-state index in [9.17, 15) is 5.26 Å². The Hall–Kier alpha value is -8.72. The highest BCUT2D eigenvalue weighted by Crippen LogP contribution is 2.53. The van der Waals surface area contributed by atoms with Crippen molar-refractivity contribution in [3.05, 3.63) is 175 Å². The van der Waals surface area contributed by atoms with E-state index in [2.05, 4.69) is 105 Å². The van der Waals surface area contributed by atoms with Crippen LogP contribution in [0.4, 0.5) is 5.69 Å². The van der Waals surface area contributed by atoms with Crippen LogP contribution in [-0.4, -0.2) is 29.1 Å². The summed E-state index contributed by atoms with van der Waals surface area (Å²) >= 11 is 0. The molecule has 60 heavy (non-hydrogen) atoms. The molecule has 8 aromatic carbocycles. The Morgan fingerprint density at radius 2 is 0.950 bits per heavy atom. The second kappa shape index (κ2) is 11.9. The summed E-state index contributed by atoms with van der Waals surface area (Å²) in [7, 11) is 0. The van der Waals surface area contributed by atoms with Crippen molar-refractivity contribution >= 4 is 92.9 Å². The lowest BCUT2D eigenvalue weighted by atomic mass is 9.88. The zero-order chi connectivity index (χ0) is 39.6. The molecule has 274 valence electrons. The van der Waals surface area contributed by atoms with Crippen LogP contribution >= 0.6 is 0 Å². The van der Waals surface area contributed by atoms with E-state index in [1.807, 2.05) is 60.9 Å². The van der Waals surface area contributed by atoms with E-state index in [1.165, 1.54) is 0 Å². The van der Waals surface area contributed by atoms with E-state index in [0.717, 1.165) is 92.6 Å². The van der Waals surface area contributed by atoms with Gasteiger partial charge in [-0.3, -0.25) is 14.5 Å². The Bertz CT molecular complexity index is 3620. The van der Waals surface area contributed by atoms with E-state index < -0.39 is 0 Å².